The molecule has 2 rings (SSSR count). The molecule has 1 atom stereocenters. The number of ketones is 1. The normalized spacial score (nSPS) is 18.9. The Balaban J connectivity index is 0.00000220. The molecule has 0 amide bonds. The molecule has 0 radical (unpaired) electrons. The lowest BCUT2D eigenvalue weighted by Gasteiger charge is -2.26. The molecular formula is C18H26ClNO. The summed E-state index contributed by atoms with van der Waals surface area (Å²) < 4.78 is 0. The van der Waals surface area contributed by atoms with E-state index in [1.165, 1.54) is 11.1 Å². The first-order valence-corrected chi connectivity index (χ1v) is 7.53. The van der Waals surface area contributed by atoms with E-state index < -0.39 is 0 Å². The molecule has 1 aliphatic carbocycles. The minimum Gasteiger partial charge on any atom is -0.302 e. The van der Waals surface area contributed by atoms with Crippen LogP contribution < -0.4 is 0 Å². The van der Waals surface area contributed by atoms with E-state index in [2.05, 4.69) is 50.1 Å². The van der Waals surface area contributed by atoms with Crippen molar-refractivity contribution in [3.05, 3.63) is 47.0 Å². The fraction of sp³-hybridized carbons (Fsp3) is 0.500. The molecule has 1 aromatic rings. The molecule has 1 unspecified atom stereocenters. The summed E-state index contributed by atoms with van der Waals surface area (Å²) in [6.45, 7) is 6.14. The SMILES string of the molecule is CC1=C(CN(C)CCc2ccccc2)C(=O)CCC1C.Cl. The number of allylic oxidation sites excluding steroid dienone is 1. The van der Waals surface area contributed by atoms with Gasteiger partial charge in [-0.2, -0.15) is 0 Å². The maximum Gasteiger partial charge on any atom is 0.160 e. The molecule has 3 heteroatoms. The molecule has 0 saturated carbocycles. The molecule has 2 nitrogen and oxygen atoms in total. The largest absolute Gasteiger partial charge is 0.302 e. The second-order valence-electron chi connectivity index (χ2n) is 6.00. The van der Waals surface area contributed by atoms with Crippen LogP contribution in [0.1, 0.15) is 32.3 Å². The average molecular weight is 308 g/mol. The van der Waals surface area contributed by atoms with Gasteiger partial charge in [-0.25, -0.2) is 0 Å². The third kappa shape index (κ3) is 4.98. The summed E-state index contributed by atoms with van der Waals surface area (Å²) in [5, 5.41) is 0. The fourth-order valence-electron chi connectivity index (χ4n) is 2.76. The summed E-state index contributed by atoms with van der Waals surface area (Å²) in [6.07, 6.45) is 2.77. The molecule has 0 heterocycles. The van der Waals surface area contributed by atoms with Crippen LogP contribution in [0.5, 0.6) is 0 Å². The number of hydrogen-bond donors (Lipinski definition) is 0. The van der Waals surface area contributed by atoms with Crippen LogP contribution in [0.15, 0.2) is 41.5 Å². The Labute approximate surface area is 134 Å². The fourth-order valence-corrected chi connectivity index (χ4v) is 2.76. The molecule has 0 bridgehead atoms. The van der Waals surface area contributed by atoms with Gasteiger partial charge in [0, 0.05) is 25.1 Å². The van der Waals surface area contributed by atoms with Gasteiger partial charge in [0.05, 0.1) is 0 Å². The van der Waals surface area contributed by atoms with E-state index >= 15 is 0 Å². The van der Waals surface area contributed by atoms with Crippen molar-refractivity contribution in [1.29, 1.82) is 0 Å². The van der Waals surface area contributed by atoms with Crippen LogP contribution in [0, 0.1) is 5.92 Å². The van der Waals surface area contributed by atoms with Gasteiger partial charge in [0.1, 0.15) is 0 Å². The van der Waals surface area contributed by atoms with Crippen molar-refractivity contribution in [2.75, 3.05) is 20.1 Å². The van der Waals surface area contributed by atoms with E-state index in [1.807, 2.05) is 6.07 Å². The Morgan fingerprint density at radius 3 is 2.57 bits per heavy atom. The first-order valence-electron chi connectivity index (χ1n) is 7.53. The lowest BCUT2D eigenvalue weighted by Crippen LogP contribution is -2.29. The minimum absolute atomic E-state index is 0. The van der Waals surface area contributed by atoms with E-state index in [0.717, 1.165) is 37.9 Å². The van der Waals surface area contributed by atoms with Gasteiger partial charge < -0.3 is 4.90 Å². The number of rotatable bonds is 5. The zero-order valence-electron chi connectivity index (χ0n) is 13.3. The summed E-state index contributed by atoms with van der Waals surface area (Å²) in [7, 11) is 2.11. The van der Waals surface area contributed by atoms with E-state index in [0.29, 0.717) is 11.7 Å². The Morgan fingerprint density at radius 1 is 1.24 bits per heavy atom. The first-order chi connectivity index (χ1) is 9.58. The second-order valence-corrected chi connectivity index (χ2v) is 6.00. The van der Waals surface area contributed by atoms with Crippen molar-refractivity contribution in [1.82, 2.24) is 4.90 Å². The molecule has 0 N–H and O–H groups in total. The van der Waals surface area contributed by atoms with Crippen LogP contribution in [0.25, 0.3) is 0 Å². The van der Waals surface area contributed by atoms with E-state index in [-0.39, 0.29) is 12.4 Å². The third-order valence-corrected chi connectivity index (χ3v) is 4.41. The van der Waals surface area contributed by atoms with E-state index in [9.17, 15) is 4.79 Å². The summed E-state index contributed by atoms with van der Waals surface area (Å²) in [4.78, 5) is 14.3. The number of halogens is 1. The van der Waals surface area contributed by atoms with Gasteiger partial charge >= 0.3 is 0 Å². The molecule has 0 aromatic heterocycles. The third-order valence-electron chi connectivity index (χ3n) is 4.41. The number of hydrogen-bond acceptors (Lipinski definition) is 2. The molecule has 0 saturated heterocycles. The standard InChI is InChI=1S/C18H25NO.ClH/c1-14-9-10-18(20)17(15(14)2)13-19(3)12-11-16-7-5-4-6-8-16;/h4-8,14H,9-13H2,1-3H3;1H. The highest BCUT2D eigenvalue weighted by Gasteiger charge is 2.23. The number of carbonyl (C=O) groups is 1. The van der Waals surface area contributed by atoms with Crippen molar-refractivity contribution in [2.24, 2.45) is 5.92 Å². The average Bonchev–Trinajstić information content (AvgIpc) is 2.46. The van der Waals surface area contributed by atoms with Gasteiger partial charge in [0.25, 0.3) is 0 Å². The van der Waals surface area contributed by atoms with Crippen LogP contribution >= 0.6 is 12.4 Å². The Morgan fingerprint density at radius 2 is 1.90 bits per heavy atom. The number of nitrogens with zero attached hydrogens (tertiary/aromatic N) is 1. The maximum absolute atomic E-state index is 12.1. The van der Waals surface area contributed by atoms with Crippen LogP contribution in [-0.2, 0) is 11.2 Å². The molecule has 0 aliphatic heterocycles. The molecule has 116 valence electrons. The first kappa shape index (κ1) is 17.9. The molecule has 1 aromatic carbocycles. The molecule has 21 heavy (non-hydrogen) atoms. The Hall–Kier alpha value is -1.12. The van der Waals surface area contributed by atoms with E-state index in [4.69, 9.17) is 0 Å². The summed E-state index contributed by atoms with van der Waals surface area (Å²) >= 11 is 0. The number of carbonyl (C=O) groups excluding carboxylic acids is 1. The summed E-state index contributed by atoms with van der Waals surface area (Å²) in [5.74, 6) is 0.914. The Bertz CT molecular complexity index is 495. The van der Waals surface area contributed by atoms with Crippen molar-refractivity contribution < 1.29 is 4.79 Å². The van der Waals surface area contributed by atoms with Crippen LogP contribution in [0.2, 0.25) is 0 Å². The Kier molecular flexibility index (Phi) is 7.13. The molecule has 0 fully saturated rings. The summed E-state index contributed by atoms with van der Waals surface area (Å²) in [5.41, 5.74) is 3.71. The zero-order valence-corrected chi connectivity index (χ0v) is 14.1. The number of benzene rings is 1. The highest BCUT2D eigenvalue weighted by molar-refractivity contribution is 5.97. The van der Waals surface area contributed by atoms with Gasteiger partial charge in [-0.15, -0.1) is 12.4 Å². The zero-order chi connectivity index (χ0) is 14.5. The van der Waals surface area contributed by atoms with Crippen LogP contribution in [-0.4, -0.2) is 30.8 Å². The highest BCUT2D eigenvalue weighted by Crippen LogP contribution is 2.27. The lowest BCUT2D eigenvalue weighted by atomic mass is 9.84. The quantitative estimate of drug-likeness (QED) is 0.822. The molecule has 0 spiro atoms. The van der Waals surface area contributed by atoms with Crippen LogP contribution in [0.3, 0.4) is 0 Å². The lowest BCUT2D eigenvalue weighted by molar-refractivity contribution is -0.116. The van der Waals surface area contributed by atoms with Gasteiger partial charge in [0.2, 0.25) is 0 Å². The predicted octanol–water partition coefficient (Wildman–Crippen LogP) is 3.90. The van der Waals surface area contributed by atoms with Crippen LogP contribution in [0.4, 0.5) is 0 Å². The predicted molar refractivity (Wildman–Crippen MR) is 91.0 cm³/mol. The monoisotopic (exact) mass is 307 g/mol. The highest BCUT2D eigenvalue weighted by atomic mass is 35.5. The molecular weight excluding hydrogens is 282 g/mol. The number of Topliss-reactive ketones (excluding diaryl/α,β-unsaturated/α-hetero) is 1. The maximum atomic E-state index is 12.1. The van der Waals surface area contributed by atoms with Gasteiger partial charge in [0.15, 0.2) is 5.78 Å². The smallest absolute Gasteiger partial charge is 0.160 e. The van der Waals surface area contributed by atoms with Crippen molar-refractivity contribution in [3.8, 4) is 0 Å². The topological polar surface area (TPSA) is 20.3 Å². The van der Waals surface area contributed by atoms with Gasteiger partial charge in [-0.3, -0.25) is 4.79 Å². The van der Waals surface area contributed by atoms with Gasteiger partial charge in [-0.05, 0) is 38.3 Å². The van der Waals surface area contributed by atoms with Gasteiger partial charge in [-0.1, -0.05) is 42.8 Å². The second kappa shape index (κ2) is 8.35. The van der Waals surface area contributed by atoms with Crippen molar-refractivity contribution >= 4 is 18.2 Å². The minimum atomic E-state index is 0. The van der Waals surface area contributed by atoms with E-state index in [1.54, 1.807) is 0 Å². The van der Waals surface area contributed by atoms with Crippen molar-refractivity contribution in [3.63, 3.8) is 0 Å². The molecule has 1 aliphatic rings. The number of likely N-dealkylation sites (N-methyl/N-ethyl adjacent to an activating group) is 1. The summed E-state index contributed by atoms with van der Waals surface area (Å²) in [6, 6.07) is 10.5. The van der Waals surface area contributed by atoms with Crippen molar-refractivity contribution in [2.45, 2.75) is 33.1 Å².